The number of aliphatic carboxylic acids is 1. The van der Waals surface area contributed by atoms with Crippen LogP contribution in [-0.4, -0.2) is 96.9 Å². The molecule has 0 saturated carbocycles. The second-order valence-electron chi connectivity index (χ2n) is 10.2. The molecule has 0 unspecified atom stereocenters. The zero-order valence-electron chi connectivity index (χ0n) is 23.1. The van der Waals surface area contributed by atoms with Crippen LogP contribution in [0.25, 0.3) is 0 Å². The third-order valence-electron chi connectivity index (χ3n) is 7.42. The molecule has 1 amide bonds. The Morgan fingerprint density at radius 3 is 1.98 bits per heavy atom. The number of carbonyl (C=O) groups is 2. The Labute approximate surface area is 242 Å². The molecule has 3 aliphatic heterocycles. The van der Waals surface area contributed by atoms with Gasteiger partial charge in [-0.05, 0) is 43.5 Å². The van der Waals surface area contributed by atoms with Crippen LogP contribution < -0.4 is 20.2 Å². The highest BCUT2D eigenvalue weighted by Gasteiger charge is 2.32. The molecule has 230 valence electrons. The summed E-state index contributed by atoms with van der Waals surface area (Å²) in [7, 11) is -3.81. The summed E-state index contributed by atoms with van der Waals surface area (Å²) in [6, 6.07) is 12.2. The smallest absolute Gasteiger partial charge is 0.430 e. The summed E-state index contributed by atoms with van der Waals surface area (Å²) < 4.78 is 65.0. The van der Waals surface area contributed by atoms with Gasteiger partial charge in [0.25, 0.3) is 5.91 Å². The van der Waals surface area contributed by atoms with Gasteiger partial charge in [-0.1, -0.05) is 18.2 Å². The second-order valence-corrected chi connectivity index (χ2v) is 12.2. The van der Waals surface area contributed by atoms with Crippen molar-refractivity contribution in [3.8, 4) is 0 Å². The van der Waals surface area contributed by atoms with Crippen molar-refractivity contribution in [1.82, 2.24) is 4.90 Å². The van der Waals surface area contributed by atoms with E-state index < -0.39 is 22.0 Å². The summed E-state index contributed by atoms with van der Waals surface area (Å²) in [6.07, 6.45) is -1.98. The van der Waals surface area contributed by atoms with Crippen LogP contribution in [0.5, 0.6) is 0 Å². The number of carbonyl (C=O) groups excluding carboxylic acids is 2. The van der Waals surface area contributed by atoms with E-state index in [-0.39, 0.29) is 15.7 Å². The number of ether oxygens (including phenoxy) is 1. The van der Waals surface area contributed by atoms with Gasteiger partial charge >= 0.3 is 6.18 Å². The molecule has 5 rings (SSSR count). The molecule has 0 atom stereocenters. The Morgan fingerprint density at radius 2 is 1.40 bits per heavy atom. The highest BCUT2D eigenvalue weighted by molar-refractivity contribution is 7.91. The molecule has 2 N–H and O–H groups in total. The zero-order valence-corrected chi connectivity index (χ0v) is 24.0. The van der Waals surface area contributed by atoms with E-state index in [1.54, 1.807) is 30.3 Å². The first-order chi connectivity index (χ1) is 20.0. The Hall–Kier alpha value is -3.36. The van der Waals surface area contributed by atoms with E-state index in [4.69, 9.17) is 14.6 Å². The number of halogens is 3. The van der Waals surface area contributed by atoms with Crippen LogP contribution in [0.3, 0.4) is 0 Å². The van der Waals surface area contributed by atoms with Gasteiger partial charge in [0.05, 0.1) is 66.1 Å². The predicted octanol–water partition coefficient (Wildman–Crippen LogP) is 0.664. The van der Waals surface area contributed by atoms with Gasteiger partial charge in [-0.3, -0.25) is 4.79 Å². The lowest BCUT2D eigenvalue weighted by atomic mass is 10.1. The normalized spacial score (nSPS) is 18.2. The number of nitrogens with two attached hydrogens (primary N) is 1. The number of morpholine rings is 1. The van der Waals surface area contributed by atoms with Crippen LogP contribution in [0.2, 0.25) is 0 Å². The quantitative estimate of drug-likeness (QED) is 0.522. The van der Waals surface area contributed by atoms with E-state index in [0.717, 1.165) is 51.1 Å². The molecule has 3 fully saturated rings. The van der Waals surface area contributed by atoms with Gasteiger partial charge in [0.15, 0.2) is 0 Å². The van der Waals surface area contributed by atoms with Crippen molar-refractivity contribution in [2.24, 2.45) is 0 Å². The van der Waals surface area contributed by atoms with Gasteiger partial charge < -0.3 is 34.7 Å². The average Bonchev–Trinajstić information content (AvgIpc) is 3.01. The van der Waals surface area contributed by atoms with E-state index >= 15 is 0 Å². The number of nitrogens with zero attached hydrogens (tertiary/aromatic N) is 3. The number of quaternary nitrogens is 1. The number of hydrogen-bond acceptors (Lipinski definition) is 8. The molecule has 2 aromatic rings. The fraction of sp³-hybridized carbons (Fsp3) is 0.500. The summed E-state index contributed by atoms with van der Waals surface area (Å²) in [4.78, 5) is 29.3. The molecule has 0 radical (unpaired) electrons. The number of amides is 1. The van der Waals surface area contributed by atoms with Crippen LogP contribution >= 0.6 is 0 Å². The van der Waals surface area contributed by atoms with Gasteiger partial charge in [-0.25, -0.2) is 8.42 Å². The molecule has 2 aromatic carbocycles. The van der Waals surface area contributed by atoms with Gasteiger partial charge in [-0.2, -0.15) is 13.2 Å². The number of piperidine rings is 1. The largest absolute Gasteiger partial charge is 0.542 e. The molecular formula is C28H35F3N4O6S. The number of piperazine rings is 1. The molecule has 42 heavy (non-hydrogen) atoms. The summed E-state index contributed by atoms with van der Waals surface area (Å²) in [5, 5.41) is 11.0. The minimum absolute atomic E-state index is 0.0886. The van der Waals surface area contributed by atoms with Gasteiger partial charge in [0.1, 0.15) is 5.97 Å². The van der Waals surface area contributed by atoms with Crippen LogP contribution in [0, 0.1) is 0 Å². The van der Waals surface area contributed by atoms with Gasteiger partial charge in [-0.15, -0.1) is 0 Å². The number of hydrogen-bond donors (Lipinski definition) is 1. The minimum atomic E-state index is -5.19. The lowest BCUT2D eigenvalue weighted by Crippen LogP contribution is -2.89. The summed E-state index contributed by atoms with van der Waals surface area (Å²) >= 11 is 0. The minimum Gasteiger partial charge on any atom is -0.542 e. The predicted molar refractivity (Wildman–Crippen MR) is 146 cm³/mol. The Kier molecular flexibility index (Phi) is 10.3. The van der Waals surface area contributed by atoms with E-state index in [1.165, 1.54) is 0 Å². The maximum Gasteiger partial charge on any atom is 0.430 e. The van der Waals surface area contributed by atoms with Crippen molar-refractivity contribution in [3.63, 3.8) is 0 Å². The third-order valence-corrected chi connectivity index (χ3v) is 9.22. The van der Waals surface area contributed by atoms with Gasteiger partial charge in [0, 0.05) is 26.2 Å². The molecule has 10 nitrogen and oxygen atoms in total. The monoisotopic (exact) mass is 612 g/mol. The number of benzene rings is 2. The topological polar surface area (TPSA) is 127 Å². The molecule has 3 heterocycles. The number of anilines is 2. The fourth-order valence-electron chi connectivity index (χ4n) is 5.24. The highest BCUT2D eigenvalue weighted by Crippen LogP contribution is 2.38. The van der Waals surface area contributed by atoms with Crippen molar-refractivity contribution < 1.29 is 46.3 Å². The van der Waals surface area contributed by atoms with E-state index in [2.05, 4.69) is 15.1 Å². The van der Waals surface area contributed by atoms with Crippen LogP contribution in [0.1, 0.15) is 29.6 Å². The number of rotatable bonds is 5. The molecule has 14 heteroatoms. The molecular weight excluding hydrogens is 577 g/mol. The Morgan fingerprint density at radius 1 is 0.833 bits per heavy atom. The van der Waals surface area contributed by atoms with E-state index in [0.29, 0.717) is 50.6 Å². The molecule has 0 aliphatic carbocycles. The summed E-state index contributed by atoms with van der Waals surface area (Å²) in [5.74, 6) is -3.10. The van der Waals surface area contributed by atoms with Crippen molar-refractivity contribution in [2.45, 2.75) is 35.2 Å². The first kappa shape index (κ1) is 31.6. The van der Waals surface area contributed by atoms with E-state index in [1.807, 2.05) is 17.0 Å². The third kappa shape index (κ3) is 7.53. The lowest BCUT2D eigenvalue weighted by molar-refractivity contribution is -0.661. The number of sulfone groups is 1. The van der Waals surface area contributed by atoms with Gasteiger partial charge in [0.2, 0.25) is 9.84 Å². The molecule has 3 aliphatic rings. The first-order valence-electron chi connectivity index (χ1n) is 13.9. The summed E-state index contributed by atoms with van der Waals surface area (Å²) in [6.45, 7) is 7.22. The molecule has 0 aromatic heterocycles. The van der Waals surface area contributed by atoms with Crippen LogP contribution in [0.4, 0.5) is 24.5 Å². The molecule has 0 bridgehead atoms. The van der Waals surface area contributed by atoms with Crippen molar-refractivity contribution in [1.29, 1.82) is 0 Å². The Balaban J connectivity index is 0.000000517. The fourth-order valence-corrected chi connectivity index (χ4v) is 6.75. The number of carboxylic acids is 1. The van der Waals surface area contributed by atoms with Crippen molar-refractivity contribution >= 4 is 33.1 Å². The van der Waals surface area contributed by atoms with E-state index in [9.17, 15) is 26.4 Å². The zero-order chi connectivity index (χ0) is 30.3. The lowest BCUT2D eigenvalue weighted by Gasteiger charge is -2.35. The number of carboxylic acid groups (broad SMARTS) is 1. The van der Waals surface area contributed by atoms with Crippen molar-refractivity contribution in [2.75, 3.05) is 75.4 Å². The molecule has 0 spiro atoms. The average molecular weight is 613 g/mol. The highest BCUT2D eigenvalue weighted by atomic mass is 32.2. The van der Waals surface area contributed by atoms with Crippen LogP contribution in [0.15, 0.2) is 52.3 Å². The first-order valence-corrected chi connectivity index (χ1v) is 15.4. The maximum absolute atomic E-state index is 13.9. The standard InChI is InChI=1S/C26H34N4O4S.C2HF3O2/c31-26(30-13-9-27-10-14-30)22-19-25(35(32,33)21-7-3-1-4-8-21)24(28-11-5-2-6-12-28)20-23(22)29-15-17-34-18-16-29;3-2(4,5)1(6)7/h1,3-4,7-8,19-20,27H,2,5-6,9-18H2;(H,6,7). The van der Waals surface area contributed by atoms with Crippen LogP contribution in [-0.2, 0) is 19.4 Å². The maximum atomic E-state index is 13.9. The summed E-state index contributed by atoms with van der Waals surface area (Å²) in [5.41, 5.74) is 2.00. The number of alkyl halides is 3. The second kappa shape index (κ2) is 13.7. The molecule has 3 saturated heterocycles. The Bertz CT molecular complexity index is 1340. The SMILES string of the molecule is O=C([O-])C(F)(F)F.O=C(c1cc(S(=O)(=O)c2ccccc2)c(N2CCCCC2)cc1N1CCOCC1)N1CC[NH2+]CC1. The van der Waals surface area contributed by atoms with Crippen molar-refractivity contribution in [3.05, 3.63) is 48.0 Å².